The van der Waals surface area contributed by atoms with E-state index in [9.17, 15) is 28.8 Å². The third kappa shape index (κ3) is 10.6. The SMILES string of the molecule is C=CCNC(=O)C(=O)C(CCC)NC(=O)[C@@H]1[C@@H](C(C)(C)C=C)CCN1C(=O)[C@@H](NC(=O)[C@@H](NC(=O)c1cnccn1)C1CCCCC1)C(C)(C)C. The van der Waals surface area contributed by atoms with Crippen LogP contribution in [0, 0.1) is 22.7 Å². The van der Waals surface area contributed by atoms with E-state index in [1.807, 2.05) is 41.5 Å². The molecule has 1 aliphatic heterocycles. The summed E-state index contributed by atoms with van der Waals surface area (Å²) in [6.07, 6.45) is 13.0. The molecule has 0 radical (unpaired) electrons. The molecule has 280 valence electrons. The first kappa shape index (κ1) is 41.0. The Morgan fingerprint density at radius 3 is 2.22 bits per heavy atom. The number of nitrogens with one attached hydrogen (secondary N) is 4. The Kier molecular flexibility index (Phi) is 14.6. The van der Waals surface area contributed by atoms with E-state index in [2.05, 4.69) is 44.4 Å². The van der Waals surface area contributed by atoms with Crippen molar-refractivity contribution in [2.45, 2.75) is 117 Å². The first-order valence-corrected chi connectivity index (χ1v) is 18.1. The van der Waals surface area contributed by atoms with Gasteiger partial charge in [-0.15, -0.1) is 13.2 Å². The summed E-state index contributed by atoms with van der Waals surface area (Å²) in [4.78, 5) is 91.6. The van der Waals surface area contributed by atoms with Gasteiger partial charge in [0.25, 0.3) is 11.8 Å². The molecule has 5 atom stereocenters. The fourth-order valence-electron chi connectivity index (χ4n) is 7.06. The van der Waals surface area contributed by atoms with Crippen molar-refractivity contribution in [3.05, 3.63) is 49.6 Å². The quantitative estimate of drug-likeness (QED) is 0.149. The molecule has 0 aromatic carbocycles. The number of ketones is 1. The Labute approximate surface area is 302 Å². The van der Waals surface area contributed by atoms with Crippen molar-refractivity contribution in [2.75, 3.05) is 13.1 Å². The zero-order valence-corrected chi connectivity index (χ0v) is 31.1. The Hall–Kier alpha value is -4.42. The predicted octanol–water partition coefficient (Wildman–Crippen LogP) is 3.27. The smallest absolute Gasteiger partial charge is 0.289 e. The molecule has 2 heterocycles. The van der Waals surface area contributed by atoms with Gasteiger partial charge in [0.1, 0.15) is 23.8 Å². The Bertz CT molecular complexity index is 1430. The van der Waals surface area contributed by atoms with E-state index in [0.717, 1.165) is 32.1 Å². The molecule has 1 saturated carbocycles. The van der Waals surface area contributed by atoms with Crippen LogP contribution in [0.4, 0.5) is 0 Å². The van der Waals surface area contributed by atoms with Crippen molar-refractivity contribution < 1.29 is 28.8 Å². The summed E-state index contributed by atoms with van der Waals surface area (Å²) < 4.78 is 0. The Balaban J connectivity index is 1.95. The van der Waals surface area contributed by atoms with E-state index in [1.54, 1.807) is 6.08 Å². The van der Waals surface area contributed by atoms with Crippen molar-refractivity contribution in [2.24, 2.45) is 22.7 Å². The predicted molar refractivity (Wildman–Crippen MR) is 194 cm³/mol. The van der Waals surface area contributed by atoms with E-state index in [0.29, 0.717) is 12.8 Å². The minimum absolute atomic E-state index is 0.0781. The van der Waals surface area contributed by atoms with Gasteiger partial charge < -0.3 is 26.2 Å². The molecule has 51 heavy (non-hydrogen) atoms. The molecule has 2 fully saturated rings. The lowest BCUT2D eigenvalue weighted by molar-refractivity contribution is -0.146. The summed E-state index contributed by atoms with van der Waals surface area (Å²) in [6.45, 7) is 19.1. The van der Waals surface area contributed by atoms with Gasteiger partial charge in [-0.1, -0.05) is 79.4 Å². The fraction of sp³-hybridized carbons (Fsp3) is 0.632. The van der Waals surface area contributed by atoms with Gasteiger partial charge in [0, 0.05) is 25.5 Å². The summed E-state index contributed by atoms with van der Waals surface area (Å²) >= 11 is 0. The molecule has 1 aromatic rings. The first-order valence-electron chi connectivity index (χ1n) is 18.1. The molecule has 0 spiro atoms. The first-order chi connectivity index (χ1) is 24.1. The monoisotopic (exact) mass is 707 g/mol. The van der Waals surface area contributed by atoms with Gasteiger partial charge in [-0.25, -0.2) is 4.98 Å². The van der Waals surface area contributed by atoms with E-state index in [-0.39, 0.29) is 37.0 Å². The number of nitrogens with zero attached hydrogens (tertiary/aromatic N) is 3. The highest BCUT2D eigenvalue weighted by Crippen LogP contribution is 2.41. The molecule has 5 amide bonds. The van der Waals surface area contributed by atoms with Crippen LogP contribution in [-0.2, 0) is 24.0 Å². The lowest BCUT2D eigenvalue weighted by Crippen LogP contribution is -2.62. The second kappa shape index (κ2) is 18.2. The zero-order valence-electron chi connectivity index (χ0n) is 31.1. The molecule has 1 saturated heterocycles. The lowest BCUT2D eigenvalue weighted by Gasteiger charge is -2.39. The fourth-order valence-corrected chi connectivity index (χ4v) is 7.06. The van der Waals surface area contributed by atoms with Gasteiger partial charge in [-0.3, -0.25) is 33.8 Å². The normalized spacial score (nSPS) is 19.9. The number of carbonyl (C=O) groups excluding carboxylic acids is 6. The van der Waals surface area contributed by atoms with Crippen molar-refractivity contribution in [3.63, 3.8) is 0 Å². The van der Waals surface area contributed by atoms with E-state index >= 15 is 0 Å². The lowest BCUT2D eigenvalue weighted by atomic mass is 9.74. The van der Waals surface area contributed by atoms with Crippen LogP contribution in [0.3, 0.4) is 0 Å². The van der Waals surface area contributed by atoms with Gasteiger partial charge in [-0.05, 0) is 48.3 Å². The number of rotatable bonds is 16. The number of hydrogen-bond acceptors (Lipinski definition) is 8. The van der Waals surface area contributed by atoms with Crippen LogP contribution in [0.5, 0.6) is 0 Å². The highest BCUT2D eigenvalue weighted by atomic mass is 16.2. The minimum Gasteiger partial charge on any atom is -0.346 e. The Morgan fingerprint density at radius 1 is 0.961 bits per heavy atom. The molecule has 13 nitrogen and oxygen atoms in total. The number of Topliss-reactive ketones (excluding diaryl/α,β-unsaturated/α-hetero) is 1. The maximum atomic E-state index is 14.7. The maximum absolute atomic E-state index is 14.7. The summed E-state index contributed by atoms with van der Waals surface area (Å²) in [5.74, 6) is -4.16. The standard InChI is InChI=1S/C38H57N7O6/c1-9-15-26(30(46)35(50)41-19-10-2)42-34(49)29-25(38(7,8)11-3)18-22-45(29)36(51)31(37(4,5)6)44-33(48)28(24-16-13-12-14-17-24)43-32(47)27-23-39-20-21-40-27/h10-11,20-21,23-26,28-29,31H,2-3,9,12-19,22H2,1,4-8H3,(H,41,50)(H,42,49)(H,43,47)(H,44,48)/t25-,26?,28-,29-,31+/m0/s1. The third-order valence-electron chi connectivity index (χ3n) is 10.2. The van der Waals surface area contributed by atoms with Crippen molar-refractivity contribution in [1.82, 2.24) is 36.1 Å². The van der Waals surface area contributed by atoms with Gasteiger partial charge in [0.05, 0.1) is 12.2 Å². The molecular formula is C38H57N7O6. The second-order valence-corrected chi connectivity index (χ2v) is 15.4. The van der Waals surface area contributed by atoms with Crippen LogP contribution in [0.15, 0.2) is 43.9 Å². The second-order valence-electron chi connectivity index (χ2n) is 15.4. The zero-order chi connectivity index (χ0) is 37.9. The highest BCUT2D eigenvalue weighted by Gasteiger charge is 2.51. The van der Waals surface area contributed by atoms with Crippen LogP contribution in [0.1, 0.15) is 103 Å². The van der Waals surface area contributed by atoms with Crippen LogP contribution < -0.4 is 21.3 Å². The summed E-state index contributed by atoms with van der Waals surface area (Å²) in [5, 5.41) is 11.1. The maximum Gasteiger partial charge on any atom is 0.289 e. The molecule has 1 aliphatic carbocycles. The van der Waals surface area contributed by atoms with E-state index < -0.39 is 70.3 Å². The molecule has 2 aliphatic rings. The van der Waals surface area contributed by atoms with E-state index in [4.69, 9.17) is 0 Å². The number of carbonyl (C=O) groups is 6. The molecule has 1 unspecified atom stereocenters. The van der Waals surface area contributed by atoms with Crippen LogP contribution >= 0.6 is 0 Å². The highest BCUT2D eigenvalue weighted by molar-refractivity contribution is 6.38. The van der Waals surface area contributed by atoms with Crippen LogP contribution in [0.2, 0.25) is 0 Å². The molecule has 3 rings (SSSR count). The van der Waals surface area contributed by atoms with Gasteiger partial charge in [-0.2, -0.15) is 0 Å². The molecule has 13 heteroatoms. The summed E-state index contributed by atoms with van der Waals surface area (Å²) in [5.41, 5.74) is -1.30. The summed E-state index contributed by atoms with van der Waals surface area (Å²) in [6, 6.07) is -4.09. The average molecular weight is 708 g/mol. The molecule has 1 aromatic heterocycles. The van der Waals surface area contributed by atoms with Crippen molar-refractivity contribution >= 4 is 35.3 Å². The van der Waals surface area contributed by atoms with Crippen molar-refractivity contribution in [1.29, 1.82) is 0 Å². The number of amides is 5. The van der Waals surface area contributed by atoms with Crippen molar-refractivity contribution in [3.8, 4) is 0 Å². The molecule has 4 N–H and O–H groups in total. The average Bonchev–Trinajstić information content (AvgIpc) is 3.58. The largest absolute Gasteiger partial charge is 0.346 e. The van der Waals surface area contributed by atoms with E-state index in [1.165, 1.54) is 29.6 Å². The summed E-state index contributed by atoms with van der Waals surface area (Å²) in [7, 11) is 0. The third-order valence-corrected chi connectivity index (χ3v) is 10.2. The topological polar surface area (TPSA) is 180 Å². The van der Waals surface area contributed by atoms with Crippen LogP contribution in [0.25, 0.3) is 0 Å². The van der Waals surface area contributed by atoms with Crippen LogP contribution in [-0.4, -0.2) is 87.4 Å². The number of aromatic nitrogens is 2. The van der Waals surface area contributed by atoms with Gasteiger partial charge in [0.2, 0.25) is 23.5 Å². The molecule has 0 bridgehead atoms. The number of hydrogen-bond donors (Lipinski definition) is 4. The Morgan fingerprint density at radius 2 is 1.65 bits per heavy atom. The molecular weight excluding hydrogens is 650 g/mol. The number of likely N-dealkylation sites (tertiary alicyclic amines) is 1. The van der Waals surface area contributed by atoms with Gasteiger partial charge in [0.15, 0.2) is 0 Å². The minimum atomic E-state index is -1.09. The number of allylic oxidation sites excluding steroid dienone is 1. The van der Waals surface area contributed by atoms with Gasteiger partial charge >= 0.3 is 0 Å².